The van der Waals surface area contributed by atoms with E-state index in [1.54, 1.807) is 23.7 Å². The number of hydrogen-bond acceptors (Lipinski definition) is 5. The molecule has 3 aromatic rings. The first-order valence-corrected chi connectivity index (χ1v) is 6.90. The summed E-state index contributed by atoms with van der Waals surface area (Å²) in [5.41, 5.74) is 6.68. The van der Waals surface area contributed by atoms with Crippen LogP contribution in [0.5, 0.6) is 0 Å². The molecule has 0 fully saturated rings. The van der Waals surface area contributed by atoms with Crippen molar-refractivity contribution in [1.29, 1.82) is 0 Å². The quantitative estimate of drug-likeness (QED) is 0.796. The summed E-state index contributed by atoms with van der Waals surface area (Å²) in [7, 11) is 2.01. The summed E-state index contributed by atoms with van der Waals surface area (Å²) in [5.74, 6) is 1.29. The van der Waals surface area contributed by atoms with Gasteiger partial charge in [-0.15, -0.1) is 11.3 Å². The fraction of sp³-hybridized carbons (Fsp3) is 0.231. The number of nitrogens with two attached hydrogens (primary N) is 1. The van der Waals surface area contributed by atoms with Gasteiger partial charge in [-0.2, -0.15) is 0 Å². The van der Waals surface area contributed by atoms with Gasteiger partial charge >= 0.3 is 0 Å². The minimum Gasteiger partial charge on any atom is -0.382 e. The van der Waals surface area contributed by atoms with E-state index in [0.29, 0.717) is 5.82 Å². The minimum atomic E-state index is 0.231. The maximum atomic E-state index is 5.86. The van der Waals surface area contributed by atoms with Crippen LogP contribution in [0.3, 0.4) is 0 Å². The van der Waals surface area contributed by atoms with E-state index < -0.39 is 0 Å². The van der Waals surface area contributed by atoms with Gasteiger partial charge in [-0.3, -0.25) is 0 Å². The Labute approximate surface area is 115 Å². The molecule has 19 heavy (non-hydrogen) atoms. The number of thiophene rings is 1. The molecule has 0 spiro atoms. The number of nitrogens with zero attached hydrogens (tertiary/aromatic N) is 4. The standard InChI is InChI=1S/C13H15N5S/c1-9(10-4-3-7-19-10)17(2)13-12-15-5-6-18(12)8-11(14)16-13/h3-9H,14H2,1-2H3. The number of aromatic nitrogens is 3. The second-order valence-electron chi connectivity index (χ2n) is 4.45. The third kappa shape index (κ3) is 2.04. The Balaban J connectivity index is 2.06. The highest BCUT2D eigenvalue weighted by Crippen LogP contribution is 2.29. The first-order chi connectivity index (χ1) is 9.16. The highest BCUT2D eigenvalue weighted by atomic mass is 32.1. The van der Waals surface area contributed by atoms with Crippen molar-refractivity contribution in [1.82, 2.24) is 14.4 Å². The smallest absolute Gasteiger partial charge is 0.180 e. The fourth-order valence-electron chi connectivity index (χ4n) is 2.07. The zero-order chi connectivity index (χ0) is 13.4. The van der Waals surface area contributed by atoms with Crippen molar-refractivity contribution < 1.29 is 0 Å². The van der Waals surface area contributed by atoms with Crippen LogP contribution in [0.15, 0.2) is 36.1 Å². The van der Waals surface area contributed by atoms with E-state index >= 15 is 0 Å². The third-order valence-corrected chi connectivity index (χ3v) is 4.29. The lowest BCUT2D eigenvalue weighted by Gasteiger charge is -2.25. The number of anilines is 2. The molecule has 0 bridgehead atoms. The van der Waals surface area contributed by atoms with Gasteiger partial charge in [0.2, 0.25) is 0 Å². The Bertz CT molecular complexity index is 688. The molecule has 1 unspecified atom stereocenters. The van der Waals surface area contributed by atoms with Crippen LogP contribution in [0.2, 0.25) is 0 Å². The summed E-state index contributed by atoms with van der Waals surface area (Å²) in [5, 5.41) is 2.08. The van der Waals surface area contributed by atoms with Crippen LogP contribution in [0.25, 0.3) is 5.65 Å². The molecule has 0 aliphatic rings. The van der Waals surface area contributed by atoms with E-state index in [-0.39, 0.29) is 6.04 Å². The molecule has 0 radical (unpaired) electrons. The monoisotopic (exact) mass is 273 g/mol. The predicted octanol–water partition coefficient (Wildman–Crippen LogP) is 2.57. The number of rotatable bonds is 3. The van der Waals surface area contributed by atoms with E-state index in [9.17, 15) is 0 Å². The topological polar surface area (TPSA) is 59.5 Å². The Morgan fingerprint density at radius 3 is 3.05 bits per heavy atom. The average Bonchev–Trinajstić information content (AvgIpc) is 3.06. The molecule has 0 aromatic carbocycles. The van der Waals surface area contributed by atoms with Gasteiger partial charge in [0, 0.05) is 24.3 Å². The molecule has 0 saturated carbocycles. The molecule has 2 N–H and O–H groups in total. The molecule has 0 amide bonds. The molecular formula is C13H15N5S. The van der Waals surface area contributed by atoms with Gasteiger partial charge in [-0.05, 0) is 18.4 Å². The summed E-state index contributed by atoms with van der Waals surface area (Å²) in [6.07, 6.45) is 5.40. The molecular weight excluding hydrogens is 258 g/mol. The van der Waals surface area contributed by atoms with Crippen molar-refractivity contribution in [2.24, 2.45) is 0 Å². The average molecular weight is 273 g/mol. The van der Waals surface area contributed by atoms with Gasteiger partial charge in [0.15, 0.2) is 11.5 Å². The lowest BCUT2D eigenvalue weighted by Crippen LogP contribution is -2.23. The lowest BCUT2D eigenvalue weighted by molar-refractivity contribution is 0.742. The second-order valence-corrected chi connectivity index (χ2v) is 5.43. The molecule has 3 aromatic heterocycles. The Hall–Kier alpha value is -2.08. The first kappa shape index (κ1) is 12.0. The summed E-state index contributed by atoms with van der Waals surface area (Å²) in [4.78, 5) is 12.2. The number of nitrogen functional groups attached to an aromatic ring is 1. The van der Waals surface area contributed by atoms with E-state index in [0.717, 1.165) is 11.5 Å². The minimum absolute atomic E-state index is 0.231. The molecule has 5 nitrogen and oxygen atoms in total. The summed E-state index contributed by atoms with van der Waals surface area (Å²) >= 11 is 1.74. The van der Waals surface area contributed by atoms with Gasteiger partial charge in [-0.25, -0.2) is 9.97 Å². The maximum Gasteiger partial charge on any atom is 0.180 e. The van der Waals surface area contributed by atoms with Crippen LogP contribution in [0.1, 0.15) is 17.8 Å². The first-order valence-electron chi connectivity index (χ1n) is 6.02. The number of hydrogen-bond donors (Lipinski definition) is 1. The summed E-state index contributed by atoms with van der Waals surface area (Å²) in [6.45, 7) is 2.15. The molecule has 0 aliphatic heterocycles. The van der Waals surface area contributed by atoms with Crippen LogP contribution in [0.4, 0.5) is 11.6 Å². The molecule has 3 heterocycles. The number of imidazole rings is 1. The summed E-state index contributed by atoms with van der Waals surface area (Å²) < 4.78 is 1.90. The second kappa shape index (κ2) is 4.55. The van der Waals surface area contributed by atoms with Crippen molar-refractivity contribution in [2.75, 3.05) is 17.7 Å². The molecule has 98 valence electrons. The molecule has 0 aliphatic carbocycles. The highest BCUT2D eigenvalue weighted by molar-refractivity contribution is 7.10. The SMILES string of the molecule is CC(c1cccs1)N(C)c1nc(N)cn2ccnc12. The zero-order valence-electron chi connectivity index (χ0n) is 10.8. The maximum absolute atomic E-state index is 5.86. The van der Waals surface area contributed by atoms with Gasteiger partial charge in [0.1, 0.15) is 5.82 Å². The van der Waals surface area contributed by atoms with Crippen molar-refractivity contribution >= 4 is 28.6 Å². The van der Waals surface area contributed by atoms with Gasteiger partial charge in [-0.1, -0.05) is 6.07 Å². The zero-order valence-corrected chi connectivity index (χ0v) is 11.6. The summed E-state index contributed by atoms with van der Waals surface area (Å²) in [6, 6.07) is 4.41. The van der Waals surface area contributed by atoms with Crippen molar-refractivity contribution in [3.63, 3.8) is 0 Å². The number of fused-ring (bicyclic) bond motifs is 1. The highest BCUT2D eigenvalue weighted by Gasteiger charge is 2.18. The van der Waals surface area contributed by atoms with Crippen LogP contribution < -0.4 is 10.6 Å². The molecule has 1 atom stereocenters. The Morgan fingerprint density at radius 2 is 2.32 bits per heavy atom. The van der Waals surface area contributed by atoms with Crippen molar-refractivity contribution in [2.45, 2.75) is 13.0 Å². The molecule has 6 heteroatoms. The van der Waals surface area contributed by atoms with Crippen LogP contribution in [0, 0.1) is 0 Å². The van der Waals surface area contributed by atoms with E-state index in [1.165, 1.54) is 4.88 Å². The van der Waals surface area contributed by atoms with Crippen molar-refractivity contribution in [3.05, 3.63) is 41.0 Å². The van der Waals surface area contributed by atoms with Gasteiger partial charge < -0.3 is 15.0 Å². The van der Waals surface area contributed by atoms with E-state index in [1.807, 2.05) is 17.6 Å². The Morgan fingerprint density at radius 1 is 1.47 bits per heavy atom. The van der Waals surface area contributed by atoms with Crippen LogP contribution in [-0.2, 0) is 0 Å². The lowest BCUT2D eigenvalue weighted by atomic mass is 10.2. The van der Waals surface area contributed by atoms with Crippen LogP contribution in [-0.4, -0.2) is 21.4 Å². The van der Waals surface area contributed by atoms with Crippen molar-refractivity contribution in [3.8, 4) is 0 Å². The van der Waals surface area contributed by atoms with Gasteiger partial charge in [0.25, 0.3) is 0 Å². The molecule has 3 rings (SSSR count). The van der Waals surface area contributed by atoms with Crippen LogP contribution >= 0.6 is 11.3 Å². The Kier molecular flexibility index (Phi) is 2.87. The molecule has 0 saturated heterocycles. The van der Waals surface area contributed by atoms with E-state index in [2.05, 4.69) is 39.3 Å². The largest absolute Gasteiger partial charge is 0.382 e. The third-order valence-electron chi connectivity index (χ3n) is 3.24. The normalized spacial score (nSPS) is 12.7. The predicted molar refractivity (Wildman–Crippen MR) is 78.5 cm³/mol. The van der Waals surface area contributed by atoms with Gasteiger partial charge in [0.05, 0.1) is 12.2 Å². The fourth-order valence-corrected chi connectivity index (χ4v) is 2.90. The van der Waals surface area contributed by atoms with E-state index in [4.69, 9.17) is 5.73 Å².